The highest BCUT2D eigenvalue weighted by atomic mass is 16.3. The minimum Gasteiger partial charge on any atom is -0.468 e. The smallest absolute Gasteiger partial charge is 0.254 e. The average Bonchev–Trinajstić information content (AvgIpc) is 3.33. The summed E-state index contributed by atoms with van der Waals surface area (Å²) in [7, 11) is 1.79. The molecular formula is C17H20N6O2. The molecule has 0 unspecified atom stereocenters. The highest BCUT2D eigenvalue weighted by Gasteiger charge is 2.19. The van der Waals surface area contributed by atoms with Gasteiger partial charge in [-0.2, -0.15) is 5.10 Å². The lowest BCUT2D eigenvalue weighted by atomic mass is 10.3. The molecule has 0 saturated carbocycles. The summed E-state index contributed by atoms with van der Waals surface area (Å²) < 4.78 is 9.18. The third-order valence-electron chi connectivity index (χ3n) is 4.29. The molecule has 0 bridgehead atoms. The van der Waals surface area contributed by atoms with Crippen LogP contribution in [0, 0.1) is 0 Å². The number of nitrogens with zero attached hydrogens (tertiary/aromatic N) is 5. The van der Waals surface area contributed by atoms with Gasteiger partial charge in [-0.25, -0.2) is 4.98 Å². The van der Waals surface area contributed by atoms with Gasteiger partial charge in [0.15, 0.2) is 0 Å². The Hall–Kier alpha value is -2.87. The first-order chi connectivity index (χ1) is 12.2. The zero-order valence-electron chi connectivity index (χ0n) is 14.1. The first-order valence-corrected chi connectivity index (χ1v) is 8.24. The number of hydrogen-bond acceptors (Lipinski definition) is 5. The fourth-order valence-corrected chi connectivity index (χ4v) is 3.02. The van der Waals surface area contributed by atoms with Crippen molar-refractivity contribution in [1.29, 1.82) is 0 Å². The molecule has 0 radical (unpaired) electrons. The molecule has 3 aromatic heterocycles. The van der Waals surface area contributed by atoms with Gasteiger partial charge in [0.05, 0.1) is 43.4 Å². The number of nitrogens with one attached hydrogen (secondary N) is 1. The van der Waals surface area contributed by atoms with E-state index in [1.807, 2.05) is 18.3 Å². The predicted molar refractivity (Wildman–Crippen MR) is 89.4 cm³/mol. The zero-order valence-corrected chi connectivity index (χ0v) is 14.1. The van der Waals surface area contributed by atoms with E-state index in [1.54, 1.807) is 30.4 Å². The quantitative estimate of drug-likeness (QED) is 0.754. The highest BCUT2D eigenvalue weighted by molar-refractivity contribution is 5.93. The van der Waals surface area contributed by atoms with E-state index in [0.717, 1.165) is 43.5 Å². The summed E-state index contributed by atoms with van der Waals surface area (Å²) in [4.78, 5) is 19.0. The van der Waals surface area contributed by atoms with Crippen LogP contribution >= 0.6 is 0 Å². The SMILES string of the molecule is Cn1cc(C(=O)NCc2cn3c(n2)CN(Cc2ccco2)CC3)cn1. The van der Waals surface area contributed by atoms with E-state index in [4.69, 9.17) is 4.42 Å². The van der Waals surface area contributed by atoms with Crippen LogP contribution in [0.2, 0.25) is 0 Å². The van der Waals surface area contributed by atoms with Crippen molar-refractivity contribution in [2.45, 2.75) is 26.2 Å². The van der Waals surface area contributed by atoms with Crippen LogP contribution in [-0.2, 0) is 33.2 Å². The van der Waals surface area contributed by atoms with E-state index in [-0.39, 0.29) is 5.91 Å². The molecule has 1 amide bonds. The van der Waals surface area contributed by atoms with E-state index < -0.39 is 0 Å². The standard InChI is InChI=1S/C17H20N6O2/c1-21-9-13(7-19-21)17(24)18-8-14-10-23-5-4-22(12-16(23)20-14)11-15-3-2-6-25-15/h2-3,6-7,9-10H,4-5,8,11-12H2,1H3,(H,18,24). The molecule has 0 atom stereocenters. The second-order valence-corrected chi connectivity index (χ2v) is 6.22. The summed E-state index contributed by atoms with van der Waals surface area (Å²) in [5.41, 5.74) is 1.42. The molecule has 8 heteroatoms. The number of carbonyl (C=O) groups excluding carboxylic acids is 1. The number of rotatable bonds is 5. The summed E-state index contributed by atoms with van der Waals surface area (Å²) >= 11 is 0. The fraction of sp³-hybridized carbons (Fsp3) is 0.353. The van der Waals surface area contributed by atoms with Crippen molar-refractivity contribution in [2.75, 3.05) is 6.54 Å². The molecule has 1 N–H and O–H groups in total. The van der Waals surface area contributed by atoms with E-state index in [0.29, 0.717) is 12.1 Å². The number of furan rings is 1. The van der Waals surface area contributed by atoms with Crippen molar-refractivity contribution in [3.05, 3.63) is 59.8 Å². The van der Waals surface area contributed by atoms with E-state index in [1.165, 1.54) is 0 Å². The summed E-state index contributed by atoms with van der Waals surface area (Å²) in [5, 5.41) is 6.90. The third kappa shape index (κ3) is 3.48. The molecule has 4 heterocycles. The Morgan fingerprint density at radius 3 is 3.04 bits per heavy atom. The van der Waals surface area contributed by atoms with Crippen molar-refractivity contribution in [3.63, 3.8) is 0 Å². The summed E-state index contributed by atoms with van der Waals surface area (Å²) in [5.74, 6) is 1.84. The maximum Gasteiger partial charge on any atom is 0.254 e. The zero-order chi connectivity index (χ0) is 17.2. The van der Waals surface area contributed by atoms with Crippen molar-refractivity contribution in [3.8, 4) is 0 Å². The third-order valence-corrected chi connectivity index (χ3v) is 4.29. The van der Waals surface area contributed by atoms with Gasteiger partial charge in [-0.05, 0) is 12.1 Å². The van der Waals surface area contributed by atoms with Gasteiger partial charge in [-0.3, -0.25) is 14.4 Å². The van der Waals surface area contributed by atoms with Gasteiger partial charge in [0.1, 0.15) is 11.6 Å². The molecule has 8 nitrogen and oxygen atoms in total. The van der Waals surface area contributed by atoms with Crippen LogP contribution in [0.3, 0.4) is 0 Å². The van der Waals surface area contributed by atoms with Gasteiger partial charge >= 0.3 is 0 Å². The van der Waals surface area contributed by atoms with E-state index >= 15 is 0 Å². The maximum absolute atomic E-state index is 12.1. The predicted octanol–water partition coefficient (Wildman–Crippen LogP) is 1.16. The molecule has 25 heavy (non-hydrogen) atoms. The number of aromatic nitrogens is 4. The van der Waals surface area contributed by atoms with Crippen molar-refractivity contribution >= 4 is 5.91 Å². The van der Waals surface area contributed by atoms with Gasteiger partial charge < -0.3 is 14.3 Å². The molecule has 130 valence electrons. The average molecular weight is 340 g/mol. The highest BCUT2D eigenvalue weighted by Crippen LogP contribution is 2.16. The van der Waals surface area contributed by atoms with Crippen LogP contribution in [0.25, 0.3) is 0 Å². The molecule has 0 aromatic carbocycles. The second-order valence-electron chi connectivity index (χ2n) is 6.22. The Bertz CT molecular complexity index is 864. The molecule has 1 aliphatic heterocycles. The van der Waals surface area contributed by atoms with Gasteiger partial charge in [0, 0.05) is 32.5 Å². The molecule has 0 aliphatic carbocycles. The van der Waals surface area contributed by atoms with Crippen LogP contribution < -0.4 is 5.32 Å². The van der Waals surface area contributed by atoms with Crippen LogP contribution in [0.1, 0.15) is 27.6 Å². The van der Waals surface area contributed by atoms with Crippen LogP contribution in [0.5, 0.6) is 0 Å². The van der Waals surface area contributed by atoms with Crippen molar-refractivity contribution in [2.24, 2.45) is 7.05 Å². The summed E-state index contributed by atoms with van der Waals surface area (Å²) in [6.07, 6.45) is 6.96. The molecule has 1 aliphatic rings. The van der Waals surface area contributed by atoms with Gasteiger partial charge in [-0.1, -0.05) is 0 Å². The molecule has 0 fully saturated rings. The van der Waals surface area contributed by atoms with Gasteiger partial charge in [-0.15, -0.1) is 0 Å². The normalized spacial score (nSPS) is 14.4. The monoisotopic (exact) mass is 340 g/mol. The first-order valence-electron chi connectivity index (χ1n) is 8.24. The minimum atomic E-state index is -0.140. The van der Waals surface area contributed by atoms with E-state index in [2.05, 4.69) is 24.9 Å². The lowest BCUT2D eigenvalue weighted by molar-refractivity contribution is 0.0950. The van der Waals surface area contributed by atoms with E-state index in [9.17, 15) is 4.79 Å². The number of hydrogen-bond donors (Lipinski definition) is 1. The number of fused-ring (bicyclic) bond motifs is 1. The minimum absolute atomic E-state index is 0.140. The van der Waals surface area contributed by atoms with Crippen molar-refractivity contribution in [1.82, 2.24) is 29.5 Å². The Kier molecular flexibility index (Phi) is 4.10. The fourth-order valence-electron chi connectivity index (χ4n) is 3.02. The van der Waals surface area contributed by atoms with Crippen LogP contribution in [0.15, 0.2) is 41.4 Å². The lowest BCUT2D eigenvalue weighted by Crippen LogP contribution is -2.33. The van der Waals surface area contributed by atoms with Crippen LogP contribution in [0.4, 0.5) is 0 Å². The molecule has 0 spiro atoms. The van der Waals surface area contributed by atoms with Crippen LogP contribution in [-0.4, -0.2) is 36.7 Å². The molecular weight excluding hydrogens is 320 g/mol. The molecule has 4 rings (SSSR count). The molecule has 0 saturated heterocycles. The topological polar surface area (TPSA) is 81.1 Å². The summed E-state index contributed by atoms with van der Waals surface area (Å²) in [6.45, 7) is 3.81. The van der Waals surface area contributed by atoms with Gasteiger partial charge in [0.2, 0.25) is 0 Å². The number of amides is 1. The summed E-state index contributed by atoms with van der Waals surface area (Å²) in [6, 6.07) is 3.89. The maximum atomic E-state index is 12.1. The number of aryl methyl sites for hydroxylation is 1. The Morgan fingerprint density at radius 1 is 1.36 bits per heavy atom. The first kappa shape index (κ1) is 15.6. The Morgan fingerprint density at radius 2 is 2.28 bits per heavy atom. The Labute approximate surface area is 145 Å². The number of imidazole rings is 1. The number of carbonyl (C=O) groups is 1. The van der Waals surface area contributed by atoms with Gasteiger partial charge in [0.25, 0.3) is 5.91 Å². The second kappa shape index (κ2) is 6.56. The lowest BCUT2D eigenvalue weighted by Gasteiger charge is -2.26. The Balaban J connectivity index is 1.36. The molecule has 3 aromatic rings. The largest absolute Gasteiger partial charge is 0.468 e. The van der Waals surface area contributed by atoms with Crippen molar-refractivity contribution < 1.29 is 9.21 Å².